The molecule has 0 atom stereocenters. The van der Waals surface area contributed by atoms with E-state index in [9.17, 15) is 4.39 Å². The molecule has 1 heterocycles. The number of aromatic nitrogens is 1. The molecule has 1 aromatic heterocycles. The molecule has 2 aromatic rings. The molecular formula is C16H18FNO. The van der Waals surface area contributed by atoms with E-state index in [-0.39, 0.29) is 11.7 Å². The van der Waals surface area contributed by atoms with Crippen molar-refractivity contribution in [1.82, 2.24) is 4.98 Å². The first-order valence-electron chi connectivity index (χ1n) is 6.40. The van der Waals surface area contributed by atoms with Gasteiger partial charge in [0.2, 0.25) is 0 Å². The van der Waals surface area contributed by atoms with Gasteiger partial charge in [-0.1, -0.05) is 19.9 Å². The lowest BCUT2D eigenvalue weighted by Crippen LogP contribution is -1.99. The SMILES string of the molecule is Cc1ccc(COc2ccc(F)c(C(C)C)c2)cn1. The zero-order chi connectivity index (χ0) is 13.8. The molecule has 0 aliphatic carbocycles. The lowest BCUT2D eigenvalue weighted by atomic mass is 10.0. The van der Waals surface area contributed by atoms with E-state index in [0.717, 1.165) is 11.3 Å². The third-order valence-corrected chi connectivity index (χ3v) is 2.97. The highest BCUT2D eigenvalue weighted by Crippen LogP contribution is 2.24. The van der Waals surface area contributed by atoms with Crippen LogP contribution in [-0.4, -0.2) is 4.98 Å². The lowest BCUT2D eigenvalue weighted by molar-refractivity contribution is 0.304. The van der Waals surface area contributed by atoms with Crippen molar-refractivity contribution in [1.29, 1.82) is 0 Å². The Kier molecular flexibility index (Phi) is 4.15. The Labute approximate surface area is 113 Å². The molecule has 0 bridgehead atoms. The highest BCUT2D eigenvalue weighted by molar-refractivity contribution is 5.32. The number of ether oxygens (including phenoxy) is 1. The minimum absolute atomic E-state index is 0.143. The van der Waals surface area contributed by atoms with Gasteiger partial charge in [-0.15, -0.1) is 0 Å². The van der Waals surface area contributed by atoms with E-state index < -0.39 is 0 Å². The lowest BCUT2D eigenvalue weighted by Gasteiger charge is -2.11. The minimum Gasteiger partial charge on any atom is -0.489 e. The monoisotopic (exact) mass is 259 g/mol. The van der Waals surface area contributed by atoms with Crippen LogP contribution in [0.1, 0.15) is 36.6 Å². The molecule has 0 radical (unpaired) electrons. The smallest absolute Gasteiger partial charge is 0.126 e. The van der Waals surface area contributed by atoms with Gasteiger partial charge in [0.25, 0.3) is 0 Å². The summed E-state index contributed by atoms with van der Waals surface area (Å²) in [7, 11) is 0. The van der Waals surface area contributed by atoms with E-state index in [1.807, 2.05) is 32.9 Å². The van der Waals surface area contributed by atoms with Gasteiger partial charge in [-0.25, -0.2) is 4.39 Å². The van der Waals surface area contributed by atoms with Crippen molar-refractivity contribution in [2.75, 3.05) is 0 Å². The molecule has 0 spiro atoms. The maximum atomic E-state index is 13.6. The Morgan fingerprint density at radius 2 is 2.00 bits per heavy atom. The van der Waals surface area contributed by atoms with Crippen LogP contribution in [0.4, 0.5) is 4.39 Å². The van der Waals surface area contributed by atoms with Crippen LogP contribution < -0.4 is 4.74 Å². The van der Waals surface area contributed by atoms with E-state index in [1.165, 1.54) is 6.07 Å². The van der Waals surface area contributed by atoms with E-state index in [0.29, 0.717) is 17.9 Å². The number of rotatable bonds is 4. The zero-order valence-corrected chi connectivity index (χ0v) is 11.5. The molecule has 0 aliphatic rings. The Hall–Kier alpha value is -1.90. The number of hydrogen-bond donors (Lipinski definition) is 0. The summed E-state index contributed by atoms with van der Waals surface area (Å²) in [6, 6.07) is 8.81. The fourth-order valence-electron chi connectivity index (χ4n) is 1.80. The first-order chi connectivity index (χ1) is 9.06. The molecule has 19 heavy (non-hydrogen) atoms. The summed E-state index contributed by atoms with van der Waals surface area (Å²) in [6.07, 6.45) is 1.79. The molecule has 2 rings (SSSR count). The molecule has 0 amide bonds. The summed E-state index contributed by atoms with van der Waals surface area (Å²) >= 11 is 0. The molecule has 3 heteroatoms. The average molecular weight is 259 g/mol. The fraction of sp³-hybridized carbons (Fsp3) is 0.312. The van der Waals surface area contributed by atoms with Gasteiger partial charge < -0.3 is 4.74 Å². The normalized spacial score (nSPS) is 10.8. The van der Waals surface area contributed by atoms with E-state index in [2.05, 4.69) is 4.98 Å². The van der Waals surface area contributed by atoms with Crippen molar-refractivity contribution in [3.05, 3.63) is 59.2 Å². The molecule has 0 N–H and O–H groups in total. The Bertz CT molecular complexity index is 549. The fourth-order valence-corrected chi connectivity index (χ4v) is 1.80. The van der Waals surface area contributed by atoms with Crippen LogP contribution >= 0.6 is 0 Å². The molecule has 0 fully saturated rings. The maximum Gasteiger partial charge on any atom is 0.126 e. The highest BCUT2D eigenvalue weighted by atomic mass is 19.1. The predicted molar refractivity (Wildman–Crippen MR) is 73.8 cm³/mol. The Balaban J connectivity index is 2.07. The number of halogens is 1. The second-order valence-electron chi connectivity index (χ2n) is 4.93. The van der Waals surface area contributed by atoms with Gasteiger partial charge in [-0.05, 0) is 42.7 Å². The van der Waals surface area contributed by atoms with Crippen LogP contribution in [0.5, 0.6) is 5.75 Å². The van der Waals surface area contributed by atoms with Gasteiger partial charge in [0, 0.05) is 17.5 Å². The number of nitrogens with zero attached hydrogens (tertiary/aromatic N) is 1. The average Bonchev–Trinajstić information content (AvgIpc) is 2.39. The molecule has 2 nitrogen and oxygen atoms in total. The maximum absolute atomic E-state index is 13.6. The number of aryl methyl sites for hydroxylation is 1. The standard InChI is InChI=1S/C16H18FNO/c1-11(2)15-8-14(6-7-16(15)17)19-10-13-5-4-12(3)18-9-13/h4-9,11H,10H2,1-3H3. The number of pyridine rings is 1. The molecular weight excluding hydrogens is 241 g/mol. The van der Waals surface area contributed by atoms with Crippen LogP contribution in [-0.2, 0) is 6.61 Å². The van der Waals surface area contributed by atoms with E-state index in [1.54, 1.807) is 18.3 Å². The van der Waals surface area contributed by atoms with Crippen LogP contribution in [0, 0.1) is 12.7 Å². The molecule has 100 valence electrons. The molecule has 0 unspecified atom stereocenters. The van der Waals surface area contributed by atoms with Crippen LogP contribution in [0.25, 0.3) is 0 Å². The number of benzene rings is 1. The molecule has 0 saturated heterocycles. The topological polar surface area (TPSA) is 22.1 Å². The summed E-state index contributed by atoms with van der Waals surface area (Å²) in [6.45, 7) is 6.31. The van der Waals surface area contributed by atoms with Crippen molar-refractivity contribution < 1.29 is 9.13 Å². The van der Waals surface area contributed by atoms with Crippen molar-refractivity contribution in [3.8, 4) is 5.75 Å². The molecule has 0 saturated carbocycles. The van der Waals surface area contributed by atoms with E-state index >= 15 is 0 Å². The predicted octanol–water partition coefficient (Wildman–Crippen LogP) is 4.23. The summed E-state index contributed by atoms with van der Waals surface area (Å²) < 4.78 is 19.2. The molecule has 0 aliphatic heterocycles. The summed E-state index contributed by atoms with van der Waals surface area (Å²) in [5, 5.41) is 0. The quantitative estimate of drug-likeness (QED) is 0.819. The second-order valence-corrected chi connectivity index (χ2v) is 4.93. The Morgan fingerprint density at radius 3 is 2.63 bits per heavy atom. The van der Waals surface area contributed by atoms with Gasteiger partial charge in [-0.2, -0.15) is 0 Å². The summed E-state index contributed by atoms with van der Waals surface area (Å²) in [4.78, 5) is 4.21. The first-order valence-corrected chi connectivity index (χ1v) is 6.40. The van der Waals surface area contributed by atoms with Crippen molar-refractivity contribution in [2.24, 2.45) is 0 Å². The van der Waals surface area contributed by atoms with Gasteiger partial charge in [-0.3, -0.25) is 4.98 Å². The van der Waals surface area contributed by atoms with Gasteiger partial charge >= 0.3 is 0 Å². The Morgan fingerprint density at radius 1 is 1.21 bits per heavy atom. The van der Waals surface area contributed by atoms with Crippen molar-refractivity contribution in [2.45, 2.75) is 33.3 Å². The third kappa shape index (κ3) is 3.53. The van der Waals surface area contributed by atoms with Crippen molar-refractivity contribution in [3.63, 3.8) is 0 Å². The van der Waals surface area contributed by atoms with Gasteiger partial charge in [0.05, 0.1) is 0 Å². The zero-order valence-electron chi connectivity index (χ0n) is 11.5. The first kappa shape index (κ1) is 13.5. The van der Waals surface area contributed by atoms with Crippen LogP contribution in [0.15, 0.2) is 36.5 Å². The van der Waals surface area contributed by atoms with Gasteiger partial charge in [0.15, 0.2) is 0 Å². The largest absolute Gasteiger partial charge is 0.489 e. The highest BCUT2D eigenvalue weighted by Gasteiger charge is 2.08. The van der Waals surface area contributed by atoms with Crippen LogP contribution in [0.3, 0.4) is 0 Å². The van der Waals surface area contributed by atoms with Crippen LogP contribution in [0.2, 0.25) is 0 Å². The molecule has 1 aromatic carbocycles. The van der Waals surface area contributed by atoms with Crippen molar-refractivity contribution >= 4 is 0 Å². The minimum atomic E-state index is -0.181. The third-order valence-electron chi connectivity index (χ3n) is 2.97. The van der Waals surface area contributed by atoms with E-state index in [4.69, 9.17) is 4.74 Å². The summed E-state index contributed by atoms with van der Waals surface area (Å²) in [5.41, 5.74) is 2.66. The number of hydrogen-bond acceptors (Lipinski definition) is 2. The van der Waals surface area contributed by atoms with Gasteiger partial charge in [0.1, 0.15) is 18.2 Å². The summed E-state index contributed by atoms with van der Waals surface area (Å²) in [5.74, 6) is 0.648. The second kappa shape index (κ2) is 5.83.